The summed E-state index contributed by atoms with van der Waals surface area (Å²) in [5, 5.41) is 10.5. The Morgan fingerprint density at radius 2 is 1.96 bits per heavy atom. The van der Waals surface area contributed by atoms with E-state index in [-0.39, 0.29) is 18.2 Å². The molecule has 136 valence electrons. The lowest BCUT2D eigenvalue weighted by atomic mass is 10.2. The molecule has 0 saturated carbocycles. The van der Waals surface area contributed by atoms with E-state index in [9.17, 15) is 9.59 Å². The molecule has 2 N–H and O–H groups in total. The van der Waals surface area contributed by atoms with Crippen molar-refractivity contribution in [1.29, 1.82) is 0 Å². The second kappa shape index (κ2) is 7.02. The highest BCUT2D eigenvalue weighted by Crippen LogP contribution is 2.29. The number of nitrogens with zero attached hydrogens (tertiary/aromatic N) is 3. The van der Waals surface area contributed by atoms with Crippen molar-refractivity contribution >= 4 is 46.7 Å². The van der Waals surface area contributed by atoms with Gasteiger partial charge < -0.3 is 5.32 Å². The van der Waals surface area contributed by atoms with E-state index in [1.165, 1.54) is 10.7 Å². The normalized spacial score (nSPS) is 15.3. The van der Waals surface area contributed by atoms with Gasteiger partial charge in [-0.1, -0.05) is 53.5 Å². The molecule has 0 spiro atoms. The van der Waals surface area contributed by atoms with Gasteiger partial charge in [0.05, 0.1) is 17.1 Å². The van der Waals surface area contributed by atoms with E-state index in [0.29, 0.717) is 27.5 Å². The lowest BCUT2D eigenvalue weighted by Crippen LogP contribution is -2.23. The minimum Gasteiger partial charge on any atom is -0.325 e. The molecule has 7 nitrogen and oxygen atoms in total. The molecule has 4 rings (SSSR count). The van der Waals surface area contributed by atoms with Gasteiger partial charge in [-0.2, -0.15) is 4.98 Å². The molecule has 1 aromatic heterocycles. The fourth-order valence-corrected chi connectivity index (χ4v) is 3.24. The molecule has 0 saturated heterocycles. The van der Waals surface area contributed by atoms with Crippen molar-refractivity contribution in [3.8, 4) is 11.4 Å². The van der Waals surface area contributed by atoms with Crippen LogP contribution in [0.15, 0.2) is 48.5 Å². The van der Waals surface area contributed by atoms with E-state index >= 15 is 0 Å². The van der Waals surface area contributed by atoms with Gasteiger partial charge >= 0.3 is 0 Å². The van der Waals surface area contributed by atoms with E-state index in [2.05, 4.69) is 20.7 Å². The van der Waals surface area contributed by atoms with Gasteiger partial charge in [-0.05, 0) is 18.2 Å². The zero-order chi connectivity index (χ0) is 19.0. The first-order valence-corrected chi connectivity index (χ1v) is 8.84. The Morgan fingerprint density at radius 1 is 1.19 bits per heavy atom. The maximum absolute atomic E-state index is 12.4. The summed E-state index contributed by atoms with van der Waals surface area (Å²) in [6.45, 7) is 0. The number of hydrogen-bond acceptors (Lipinski definition) is 4. The van der Waals surface area contributed by atoms with Gasteiger partial charge in [-0.25, -0.2) is 4.68 Å². The summed E-state index contributed by atoms with van der Waals surface area (Å²) >= 11 is 11.9. The molecule has 2 amide bonds. The van der Waals surface area contributed by atoms with Crippen LogP contribution in [0.3, 0.4) is 0 Å². The van der Waals surface area contributed by atoms with E-state index in [4.69, 9.17) is 23.2 Å². The van der Waals surface area contributed by atoms with Crippen LogP contribution < -0.4 is 10.6 Å². The van der Waals surface area contributed by atoms with Crippen molar-refractivity contribution in [2.45, 2.75) is 12.5 Å². The average molecular weight is 402 g/mol. The topological polar surface area (TPSA) is 88.9 Å². The third kappa shape index (κ3) is 3.51. The predicted octanol–water partition coefficient (Wildman–Crippen LogP) is 3.77. The molecule has 0 radical (unpaired) electrons. The fourth-order valence-electron chi connectivity index (χ4n) is 2.79. The molecular weight excluding hydrogens is 389 g/mol. The summed E-state index contributed by atoms with van der Waals surface area (Å²) < 4.78 is 1.44. The predicted molar refractivity (Wildman–Crippen MR) is 103 cm³/mol. The largest absolute Gasteiger partial charge is 0.325 e. The molecule has 9 heteroatoms. The van der Waals surface area contributed by atoms with E-state index < -0.39 is 6.04 Å². The van der Waals surface area contributed by atoms with E-state index in [1.807, 2.05) is 30.3 Å². The highest BCUT2D eigenvalue weighted by molar-refractivity contribution is 6.36. The van der Waals surface area contributed by atoms with E-state index in [0.717, 1.165) is 5.56 Å². The summed E-state index contributed by atoms with van der Waals surface area (Å²) in [6.07, 6.45) is -0.102. The highest BCUT2D eigenvalue weighted by Gasteiger charge is 2.35. The van der Waals surface area contributed by atoms with Crippen LogP contribution in [0, 0.1) is 0 Å². The molecule has 1 aliphatic heterocycles. The number of aromatic nitrogens is 3. The van der Waals surface area contributed by atoms with Crippen LogP contribution in [0.2, 0.25) is 10.0 Å². The monoisotopic (exact) mass is 401 g/mol. The summed E-state index contributed by atoms with van der Waals surface area (Å²) in [4.78, 5) is 28.9. The minimum atomic E-state index is -0.781. The Hall–Kier alpha value is -2.90. The molecule has 2 heterocycles. The van der Waals surface area contributed by atoms with Crippen LogP contribution in [-0.2, 0) is 9.59 Å². The van der Waals surface area contributed by atoms with Crippen molar-refractivity contribution in [3.05, 3.63) is 58.6 Å². The van der Waals surface area contributed by atoms with Crippen molar-refractivity contribution in [1.82, 2.24) is 14.8 Å². The molecule has 3 aromatic rings. The van der Waals surface area contributed by atoms with Gasteiger partial charge in [0.25, 0.3) is 5.91 Å². The summed E-state index contributed by atoms with van der Waals surface area (Å²) in [5.41, 5.74) is 1.25. The maximum Gasteiger partial charge on any atom is 0.252 e. The molecule has 1 atom stereocenters. The number of nitrogens with one attached hydrogen (secondary N) is 2. The van der Waals surface area contributed by atoms with Crippen LogP contribution in [0.25, 0.3) is 11.4 Å². The smallest absolute Gasteiger partial charge is 0.252 e. The van der Waals surface area contributed by atoms with Gasteiger partial charge in [0.2, 0.25) is 11.9 Å². The Bertz CT molecular complexity index is 1040. The lowest BCUT2D eigenvalue weighted by molar-refractivity contribution is -0.123. The van der Waals surface area contributed by atoms with Crippen LogP contribution >= 0.6 is 23.2 Å². The summed E-state index contributed by atoms with van der Waals surface area (Å²) in [7, 11) is 0. The fraction of sp³-hybridized carbons (Fsp3) is 0.111. The third-order valence-electron chi connectivity index (χ3n) is 4.08. The lowest BCUT2D eigenvalue weighted by Gasteiger charge is -2.11. The van der Waals surface area contributed by atoms with Crippen LogP contribution in [-0.4, -0.2) is 26.6 Å². The van der Waals surface area contributed by atoms with Crippen LogP contribution in [0.4, 0.5) is 11.6 Å². The van der Waals surface area contributed by atoms with Gasteiger partial charge in [-0.3, -0.25) is 14.9 Å². The number of rotatable bonds is 4. The number of amides is 2. The van der Waals surface area contributed by atoms with Crippen molar-refractivity contribution < 1.29 is 9.59 Å². The Kier molecular flexibility index (Phi) is 4.55. The average Bonchev–Trinajstić information content (AvgIpc) is 3.17. The SMILES string of the molecule is O=C(C[C@@H]1C(=O)Nc2nc(-c3ccccc3)nn21)Nc1ccc(Cl)cc1Cl. The van der Waals surface area contributed by atoms with Crippen molar-refractivity contribution in [2.75, 3.05) is 10.6 Å². The van der Waals surface area contributed by atoms with Crippen LogP contribution in [0.1, 0.15) is 12.5 Å². The Balaban J connectivity index is 1.52. The summed E-state index contributed by atoms with van der Waals surface area (Å²) in [6, 6.07) is 13.4. The van der Waals surface area contributed by atoms with Crippen molar-refractivity contribution in [3.63, 3.8) is 0 Å². The molecule has 1 aliphatic rings. The summed E-state index contributed by atoms with van der Waals surface area (Å²) in [5.74, 6) is 0.101. The molecule has 2 aromatic carbocycles. The molecular formula is C18H13Cl2N5O2. The standard InChI is InChI=1S/C18H13Cl2N5O2/c19-11-6-7-13(12(20)8-11)21-15(26)9-14-17(27)23-18-22-16(24-25(14)18)10-4-2-1-3-5-10/h1-8,14H,9H2,(H,21,26)(H,22,23,24,27)/t14-/m1/s1. The zero-order valence-electron chi connectivity index (χ0n) is 13.8. The highest BCUT2D eigenvalue weighted by atomic mass is 35.5. The number of hydrogen-bond donors (Lipinski definition) is 2. The Labute approximate surface area is 164 Å². The van der Waals surface area contributed by atoms with Gasteiger partial charge in [0.1, 0.15) is 6.04 Å². The third-order valence-corrected chi connectivity index (χ3v) is 4.63. The first-order chi connectivity index (χ1) is 13.0. The molecule has 0 aliphatic carbocycles. The molecule has 0 unspecified atom stereocenters. The van der Waals surface area contributed by atoms with Gasteiger partial charge in [0.15, 0.2) is 5.82 Å². The molecule has 0 bridgehead atoms. The number of halogens is 2. The molecule has 27 heavy (non-hydrogen) atoms. The zero-order valence-corrected chi connectivity index (χ0v) is 15.3. The Morgan fingerprint density at radius 3 is 2.70 bits per heavy atom. The number of carbonyl (C=O) groups is 2. The quantitative estimate of drug-likeness (QED) is 0.695. The van der Waals surface area contributed by atoms with Crippen molar-refractivity contribution in [2.24, 2.45) is 0 Å². The second-order valence-electron chi connectivity index (χ2n) is 5.95. The maximum atomic E-state index is 12.4. The number of benzene rings is 2. The molecule has 0 fully saturated rings. The first kappa shape index (κ1) is 17.5. The first-order valence-electron chi connectivity index (χ1n) is 8.09. The van der Waals surface area contributed by atoms with Gasteiger partial charge in [-0.15, -0.1) is 5.10 Å². The number of anilines is 2. The second-order valence-corrected chi connectivity index (χ2v) is 6.79. The number of carbonyl (C=O) groups excluding carboxylic acids is 2. The number of fused-ring (bicyclic) bond motifs is 1. The van der Waals surface area contributed by atoms with Crippen LogP contribution in [0.5, 0.6) is 0 Å². The minimum absolute atomic E-state index is 0.102. The van der Waals surface area contributed by atoms with E-state index in [1.54, 1.807) is 12.1 Å². The van der Waals surface area contributed by atoms with Gasteiger partial charge in [0, 0.05) is 10.6 Å².